The summed E-state index contributed by atoms with van der Waals surface area (Å²) in [5, 5.41) is 12.1. The second kappa shape index (κ2) is 6.68. The van der Waals surface area contributed by atoms with E-state index in [0.717, 1.165) is 37.2 Å². The monoisotopic (exact) mass is 262 g/mol. The normalized spacial score (nSPS) is 20.2. The molecule has 1 amide bonds. The first-order valence-electron chi connectivity index (χ1n) is 6.87. The van der Waals surface area contributed by atoms with Crippen molar-refractivity contribution in [3.63, 3.8) is 0 Å². The number of nitrogens with one attached hydrogen (secondary N) is 1. The van der Waals surface area contributed by atoms with Crippen molar-refractivity contribution in [3.05, 3.63) is 29.8 Å². The van der Waals surface area contributed by atoms with Crippen LogP contribution < -0.4 is 5.32 Å². The number of piperidine rings is 1. The number of aryl methyl sites for hydroxylation is 1. The van der Waals surface area contributed by atoms with Gasteiger partial charge in [-0.2, -0.15) is 0 Å². The Morgan fingerprint density at radius 2 is 2.26 bits per heavy atom. The van der Waals surface area contributed by atoms with Crippen molar-refractivity contribution >= 4 is 11.6 Å². The SMILES string of the molecule is Cc1ccccc1NC(=O)CN1CCCC(CO)C1. The maximum absolute atomic E-state index is 12.0. The standard InChI is InChI=1S/C15H22N2O2/c1-12-5-2-3-7-14(12)16-15(19)10-17-8-4-6-13(9-17)11-18/h2-3,5,7,13,18H,4,6,8-11H2,1H3,(H,16,19). The van der Waals surface area contributed by atoms with Crippen LogP contribution in [0.15, 0.2) is 24.3 Å². The minimum Gasteiger partial charge on any atom is -0.396 e. The Labute approximate surface area is 114 Å². The molecule has 1 aliphatic heterocycles. The van der Waals surface area contributed by atoms with Crippen molar-refractivity contribution in [1.29, 1.82) is 0 Å². The summed E-state index contributed by atoms with van der Waals surface area (Å²) >= 11 is 0. The summed E-state index contributed by atoms with van der Waals surface area (Å²) in [6.07, 6.45) is 2.12. The van der Waals surface area contributed by atoms with Crippen LogP contribution in [0, 0.1) is 12.8 Å². The summed E-state index contributed by atoms with van der Waals surface area (Å²) in [5.41, 5.74) is 1.95. The van der Waals surface area contributed by atoms with Crippen LogP contribution in [0.1, 0.15) is 18.4 Å². The molecule has 0 bridgehead atoms. The second-order valence-electron chi connectivity index (χ2n) is 5.29. The van der Waals surface area contributed by atoms with Crippen LogP contribution in [0.4, 0.5) is 5.69 Å². The van der Waals surface area contributed by atoms with Gasteiger partial charge in [-0.1, -0.05) is 18.2 Å². The summed E-state index contributed by atoms with van der Waals surface area (Å²) < 4.78 is 0. The molecule has 1 aromatic rings. The molecule has 1 aliphatic rings. The largest absolute Gasteiger partial charge is 0.396 e. The molecule has 0 aliphatic carbocycles. The van der Waals surface area contributed by atoms with Gasteiger partial charge in [0.1, 0.15) is 0 Å². The van der Waals surface area contributed by atoms with Crippen molar-refractivity contribution < 1.29 is 9.90 Å². The van der Waals surface area contributed by atoms with Crippen LogP contribution in [0.5, 0.6) is 0 Å². The number of para-hydroxylation sites is 1. The molecule has 1 atom stereocenters. The van der Waals surface area contributed by atoms with Gasteiger partial charge < -0.3 is 10.4 Å². The fourth-order valence-electron chi connectivity index (χ4n) is 2.55. The number of amides is 1. The molecule has 1 saturated heterocycles. The number of nitrogens with zero attached hydrogens (tertiary/aromatic N) is 1. The molecule has 104 valence electrons. The van der Waals surface area contributed by atoms with E-state index in [4.69, 9.17) is 0 Å². The lowest BCUT2D eigenvalue weighted by Crippen LogP contribution is -2.41. The highest BCUT2D eigenvalue weighted by molar-refractivity contribution is 5.92. The zero-order chi connectivity index (χ0) is 13.7. The highest BCUT2D eigenvalue weighted by atomic mass is 16.3. The van der Waals surface area contributed by atoms with Gasteiger partial charge in [-0.05, 0) is 43.9 Å². The first-order valence-corrected chi connectivity index (χ1v) is 6.87. The lowest BCUT2D eigenvalue weighted by molar-refractivity contribution is -0.117. The maximum Gasteiger partial charge on any atom is 0.238 e. The van der Waals surface area contributed by atoms with E-state index in [1.165, 1.54) is 0 Å². The first-order chi connectivity index (χ1) is 9.19. The summed E-state index contributed by atoms with van der Waals surface area (Å²) in [4.78, 5) is 14.1. The predicted octanol–water partition coefficient (Wildman–Crippen LogP) is 1.64. The van der Waals surface area contributed by atoms with E-state index in [9.17, 15) is 9.90 Å². The molecule has 2 rings (SSSR count). The Morgan fingerprint density at radius 3 is 3.00 bits per heavy atom. The molecule has 1 fully saturated rings. The molecule has 19 heavy (non-hydrogen) atoms. The zero-order valence-electron chi connectivity index (χ0n) is 11.4. The molecule has 0 saturated carbocycles. The summed E-state index contributed by atoms with van der Waals surface area (Å²) in [5.74, 6) is 0.341. The fraction of sp³-hybridized carbons (Fsp3) is 0.533. The van der Waals surface area contributed by atoms with E-state index in [1.54, 1.807) is 0 Å². The zero-order valence-corrected chi connectivity index (χ0v) is 11.4. The lowest BCUT2D eigenvalue weighted by Gasteiger charge is -2.31. The molecule has 4 nitrogen and oxygen atoms in total. The van der Waals surface area contributed by atoms with Crippen LogP contribution in [0.25, 0.3) is 0 Å². The highest BCUT2D eigenvalue weighted by Gasteiger charge is 2.20. The van der Waals surface area contributed by atoms with Crippen LogP contribution in [0.2, 0.25) is 0 Å². The number of rotatable bonds is 4. The number of aliphatic hydroxyl groups excluding tert-OH is 1. The second-order valence-corrected chi connectivity index (χ2v) is 5.29. The minimum atomic E-state index is 0.0212. The van der Waals surface area contributed by atoms with Gasteiger partial charge in [0.05, 0.1) is 6.54 Å². The van der Waals surface area contributed by atoms with Gasteiger partial charge in [0.25, 0.3) is 0 Å². The Bertz CT molecular complexity index is 434. The molecule has 0 aromatic heterocycles. The van der Waals surface area contributed by atoms with E-state index in [0.29, 0.717) is 12.5 Å². The number of likely N-dealkylation sites (tertiary alicyclic amines) is 1. The van der Waals surface area contributed by atoms with Crippen molar-refractivity contribution in [2.24, 2.45) is 5.92 Å². The van der Waals surface area contributed by atoms with Crippen LogP contribution in [0.3, 0.4) is 0 Å². The number of carbonyl (C=O) groups excluding carboxylic acids is 1. The van der Waals surface area contributed by atoms with Gasteiger partial charge >= 0.3 is 0 Å². The molecule has 0 radical (unpaired) electrons. The minimum absolute atomic E-state index is 0.0212. The van der Waals surface area contributed by atoms with E-state index in [-0.39, 0.29) is 12.5 Å². The fourth-order valence-corrected chi connectivity index (χ4v) is 2.55. The van der Waals surface area contributed by atoms with E-state index in [1.807, 2.05) is 31.2 Å². The maximum atomic E-state index is 12.0. The third kappa shape index (κ3) is 4.04. The quantitative estimate of drug-likeness (QED) is 0.867. The Hall–Kier alpha value is -1.39. The number of hydrogen-bond donors (Lipinski definition) is 2. The highest BCUT2D eigenvalue weighted by Crippen LogP contribution is 2.16. The first kappa shape index (κ1) is 14.0. The molecule has 4 heteroatoms. The third-order valence-electron chi connectivity index (χ3n) is 3.65. The number of hydrogen-bond acceptors (Lipinski definition) is 3. The van der Waals surface area contributed by atoms with Gasteiger partial charge in [0, 0.05) is 18.8 Å². The van der Waals surface area contributed by atoms with E-state index < -0.39 is 0 Å². The predicted molar refractivity (Wildman–Crippen MR) is 76.1 cm³/mol. The van der Waals surface area contributed by atoms with Gasteiger partial charge in [-0.15, -0.1) is 0 Å². The molecular formula is C15H22N2O2. The molecule has 0 spiro atoms. The summed E-state index contributed by atoms with van der Waals surface area (Å²) in [6, 6.07) is 7.78. The molecule has 1 heterocycles. The number of benzene rings is 1. The molecule has 2 N–H and O–H groups in total. The Kier molecular flexibility index (Phi) is 4.93. The number of anilines is 1. The molecule has 1 aromatic carbocycles. The van der Waals surface area contributed by atoms with Crippen LogP contribution in [-0.2, 0) is 4.79 Å². The topological polar surface area (TPSA) is 52.6 Å². The van der Waals surface area contributed by atoms with Crippen molar-refractivity contribution in [2.75, 3.05) is 31.6 Å². The molecular weight excluding hydrogens is 240 g/mol. The van der Waals surface area contributed by atoms with Crippen LogP contribution in [-0.4, -0.2) is 42.2 Å². The van der Waals surface area contributed by atoms with Crippen molar-refractivity contribution in [2.45, 2.75) is 19.8 Å². The average Bonchev–Trinajstić information content (AvgIpc) is 2.41. The Morgan fingerprint density at radius 1 is 1.47 bits per heavy atom. The van der Waals surface area contributed by atoms with Gasteiger partial charge in [-0.3, -0.25) is 9.69 Å². The summed E-state index contributed by atoms with van der Waals surface area (Å²) in [6.45, 7) is 4.37. The van der Waals surface area contributed by atoms with E-state index >= 15 is 0 Å². The third-order valence-corrected chi connectivity index (χ3v) is 3.65. The Balaban J connectivity index is 1.86. The average molecular weight is 262 g/mol. The van der Waals surface area contributed by atoms with Crippen molar-refractivity contribution in [1.82, 2.24) is 4.90 Å². The van der Waals surface area contributed by atoms with E-state index in [2.05, 4.69) is 10.2 Å². The smallest absolute Gasteiger partial charge is 0.238 e. The molecule has 1 unspecified atom stereocenters. The van der Waals surface area contributed by atoms with Crippen molar-refractivity contribution in [3.8, 4) is 0 Å². The lowest BCUT2D eigenvalue weighted by atomic mass is 9.99. The van der Waals surface area contributed by atoms with Gasteiger partial charge in [-0.25, -0.2) is 0 Å². The van der Waals surface area contributed by atoms with Gasteiger partial charge in [0.15, 0.2) is 0 Å². The van der Waals surface area contributed by atoms with Gasteiger partial charge in [0.2, 0.25) is 5.91 Å². The summed E-state index contributed by atoms with van der Waals surface area (Å²) in [7, 11) is 0. The van der Waals surface area contributed by atoms with Crippen LogP contribution >= 0.6 is 0 Å². The number of aliphatic hydroxyl groups is 1. The number of carbonyl (C=O) groups is 1.